The van der Waals surface area contributed by atoms with Crippen molar-refractivity contribution in [1.82, 2.24) is 0 Å². The van der Waals surface area contributed by atoms with Gasteiger partial charge in [0.1, 0.15) is 13.2 Å². The summed E-state index contributed by atoms with van der Waals surface area (Å²) < 4.78 is 16.8. The highest BCUT2D eigenvalue weighted by molar-refractivity contribution is 5.71. The summed E-state index contributed by atoms with van der Waals surface area (Å²) >= 11 is 0. The van der Waals surface area contributed by atoms with Gasteiger partial charge in [-0.2, -0.15) is 0 Å². The average molecular weight is 895 g/mol. The maximum absolute atomic E-state index is 12.8. The molecule has 370 valence electrons. The van der Waals surface area contributed by atoms with Gasteiger partial charge in [-0.05, 0) is 89.9 Å². The van der Waals surface area contributed by atoms with Gasteiger partial charge in [-0.3, -0.25) is 14.4 Å². The molecule has 64 heavy (non-hydrogen) atoms. The van der Waals surface area contributed by atoms with E-state index in [-0.39, 0.29) is 31.1 Å². The standard InChI is InChI=1S/C58H102O6/c1-4-7-10-13-16-19-22-25-27-28-29-30-32-34-37-40-43-46-49-52-58(61)64-55(53-62-56(59)50-47-44-41-38-35-24-21-18-15-12-9-6-3)54-63-57(60)51-48-45-42-39-36-33-31-26-23-20-17-14-11-8-5-2/h16,19,25-27,29-31,34,37,55H,4-15,17-18,20-24,28,32-33,35-36,38-54H2,1-3H3/b19-16-,27-25-,30-29-,31-26-,37-34-/t55-/m0/s1. The summed E-state index contributed by atoms with van der Waals surface area (Å²) in [7, 11) is 0. The van der Waals surface area contributed by atoms with Gasteiger partial charge in [-0.25, -0.2) is 0 Å². The van der Waals surface area contributed by atoms with E-state index in [4.69, 9.17) is 14.2 Å². The lowest BCUT2D eigenvalue weighted by Gasteiger charge is -2.18. The summed E-state index contributed by atoms with van der Waals surface area (Å²) in [5.41, 5.74) is 0. The second-order valence-electron chi connectivity index (χ2n) is 18.1. The number of carbonyl (C=O) groups is 3. The molecule has 0 rings (SSSR count). The van der Waals surface area contributed by atoms with Crippen molar-refractivity contribution in [1.29, 1.82) is 0 Å². The molecule has 0 spiro atoms. The Bertz CT molecular complexity index is 1170. The minimum absolute atomic E-state index is 0.0877. The first-order chi connectivity index (χ1) is 31.5. The minimum atomic E-state index is -0.792. The van der Waals surface area contributed by atoms with Crippen LogP contribution in [0.2, 0.25) is 0 Å². The van der Waals surface area contributed by atoms with Gasteiger partial charge in [0.05, 0.1) is 0 Å². The molecule has 0 saturated heterocycles. The van der Waals surface area contributed by atoms with Gasteiger partial charge in [0.2, 0.25) is 0 Å². The SMILES string of the molecule is CCCCC/C=C\C/C=C\C/C=C\C/C=C\CCCCCC(=O)O[C@H](COC(=O)CCCCCCC/C=C\CCCCCCCC)COC(=O)CCCCCCCCCCCCCC. The second kappa shape index (κ2) is 52.7. The van der Waals surface area contributed by atoms with Crippen molar-refractivity contribution in [2.45, 2.75) is 277 Å². The highest BCUT2D eigenvalue weighted by atomic mass is 16.6. The Morgan fingerprint density at radius 3 is 0.938 bits per heavy atom. The summed E-state index contributed by atoms with van der Waals surface area (Å²) in [6.45, 7) is 6.58. The summed E-state index contributed by atoms with van der Waals surface area (Å²) in [6, 6.07) is 0. The summed E-state index contributed by atoms with van der Waals surface area (Å²) in [6.07, 6.45) is 64.9. The molecule has 0 saturated carbocycles. The Labute approximate surface area is 396 Å². The molecular weight excluding hydrogens is 793 g/mol. The lowest BCUT2D eigenvalue weighted by Crippen LogP contribution is -2.30. The van der Waals surface area contributed by atoms with E-state index in [0.29, 0.717) is 19.3 Å². The molecular formula is C58H102O6. The number of esters is 3. The normalized spacial score (nSPS) is 12.5. The van der Waals surface area contributed by atoms with Crippen molar-refractivity contribution in [2.24, 2.45) is 0 Å². The van der Waals surface area contributed by atoms with Crippen LogP contribution < -0.4 is 0 Å². The molecule has 0 aliphatic heterocycles. The third kappa shape index (κ3) is 50.1. The van der Waals surface area contributed by atoms with E-state index in [1.165, 1.54) is 141 Å². The Kier molecular flexibility index (Phi) is 50.4. The first-order valence-electron chi connectivity index (χ1n) is 27.3. The van der Waals surface area contributed by atoms with Crippen LogP contribution in [0.3, 0.4) is 0 Å². The fourth-order valence-corrected chi connectivity index (χ4v) is 7.60. The van der Waals surface area contributed by atoms with Gasteiger partial charge < -0.3 is 14.2 Å². The van der Waals surface area contributed by atoms with E-state index in [0.717, 1.165) is 89.9 Å². The van der Waals surface area contributed by atoms with Crippen LogP contribution in [0.4, 0.5) is 0 Å². The van der Waals surface area contributed by atoms with Crippen LogP contribution in [0.15, 0.2) is 60.8 Å². The number of rotatable bonds is 49. The van der Waals surface area contributed by atoms with Crippen molar-refractivity contribution in [3.8, 4) is 0 Å². The average Bonchev–Trinajstić information content (AvgIpc) is 3.29. The number of allylic oxidation sites excluding steroid dienone is 10. The zero-order chi connectivity index (χ0) is 46.5. The summed E-state index contributed by atoms with van der Waals surface area (Å²) in [5.74, 6) is -0.920. The molecule has 0 amide bonds. The molecule has 0 bridgehead atoms. The molecule has 0 aromatic rings. The van der Waals surface area contributed by atoms with Crippen LogP contribution in [0.5, 0.6) is 0 Å². The molecule has 0 unspecified atom stereocenters. The number of carbonyl (C=O) groups excluding carboxylic acids is 3. The zero-order valence-electron chi connectivity index (χ0n) is 42.3. The minimum Gasteiger partial charge on any atom is -0.462 e. The number of unbranched alkanes of at least 4 members (excludes halogenated alkanes) is 28. The smallest absolute Gasteiger partial charge is 0.306 e. The second-order valence-corrected chi connectivity index (χ2v) is 18.1. The zero-order valence-corrected chi connectivity index (χ0v) is 42.3. The topological polar surface area (TPSA) is 78.9 Å². The molecule has 0 aliphatic carbocycles. The summed E-state index contributed by atoms with van der Waals surface area (Å²) in [5, 5.41) is 0. The first kappa shape index (κ1) is 61.1. The molecule has 6 heteroatoms. The predicted molar refractivity (Wildman–Crippen MR) is 275 cm³/mol. The van der Waals surface area contributed by atoms with Crippen molar-refractivity contribution in [3.63, 3.8) is 0 Å². The molecule has 1 atom stereocenters. The number of ether oxygens (including phenoxy) is 3. The third-order valence-electron chi connectivity index (χ3n) is 11.7. The van der Waals surface area contributed by atoms with Gasteiger partial charge in [-0.1, -0.05) is 223 Å². The number of hydrogen-bond acceptors (Lipinski definition) is 6. The molecule has 0 aromatic carbocycles. The van der Waals surface area contributed by atoms with Crippen LogP contribution in [0, 0.1) is 0 Å². The van der Waals surface area contributed by atoms with Crippen molar-refractivity contribution in [3.05, 3.63) is 60.8 Å². The van der Waals surface area contributed by atoms with Crippen LogP contribution in [0.1, 0.15) is 271 Å². The highest BCUT2D eigenvalue weighted by Gasteiger charge is 2.19. The molecule has 0 aromatic heterocycles. The van der Waals surface area contributed by atoms with E-state index < -0.39 is 6.10 Å². The lowest BCUT2D eigenvalue weighted by molar-refractivity contribution is -0.167. The monoisotopic (exact) mass is 895 g/mol. The van der Waals surface area contributed by atoms with E-state index in [2.05, 4.69) is 81.5 Å². The van der Waals surface area contributed by atoms with E-state index >= 15 is 0 Å². The maximum atomic E-state index is 12.8. The molecule has 0 aliphatic rings. The van der Waals surface area contributed by atoms with Crippen molar-refractivity contribution in [2.75, 3.05) is 13.2 Å². The van der Waals surface area contributed by atoms with E-state index in [1.54, 1.807) is 0 Å². The third-order valence-corrected chi connectivity index (χ3v) is 11.7. The Morgan fingerprint density at radius 2 is 0.562 bits per heavy atom. The molecule has 0 N–H and O–H groups in total. The molecule has 0 heterocycles. The van der Waals surface area contributed by atoms with Crippen LogP contribution in [-0.4, -0.2) is 37.2 Å². The molecule has 0 fully saturated rings. The quantitative estimate of drug-likeness (QED) is 0.0262. The maximum Gasteiger partial charge on any atom is 0.306 e. The Morgan fingerprint density at radius 1 is 0.312 bits per heavy atom. The molecule has 0 radical (unpaired) electrons. The van der Waals surface area contributed by atoms with Crippen molar-refractivity contribution < 1.29 is 28.6 Å². The van der Waals surface area contributed by atoms with E-state index in [9.17, 15) is 14.4 Å². The number of hydrogen-bond donors (Lipinski definition) is 0. The van der Waals surface area contributed by atoms with E-state index in [1.807, 2.05) is 0 Å². The lowest BCUT2D eigenvalue weighted by atomic mass is 10.0. The highest BCUT2D eigenvalue weighted by Crippen LogP contribution is 2.15. The van der Waals surface area contributed by atoms with Crippen LogP contribution >= 0.6 is 0 Å². The predicted octanol–water partition coefficient (Wildman–Crippen LogP) is 18.0. The van der Waals surface area contributed by atoms with Crippen LogP contribution in [-0.2, 0) is 28.6 Å². The summed E-state index contributed by atoms with van der Waals surface area (Å²) in [4.78, 5) is 38.0. The van der Waals surface area contributed by atoms with Crippen LogP contribution in [0.25, 0.3) is 0 Å². The fraction of sp³-hybridized carbons (Fsp3) is 0.776. The molecule has 6 nitrogen and oxygen atoms in total. The first-order valence-corrected chi connectivity index (χ1v) is 27.3. The fourth-order valence-electron chi connectivity index (χ4n) is 7.60. The Hall–Kier alpha value is -2.89. The van der Waals surface area contributed by atoms with Gasteiger partial charge in [-0.15, -0.1) is 0 Å². The van der Waals surface area contributed by atoms with Gasteiger partial charge >= 0.3 is 17.9 Å². The van der Waals surface area contributed by atoms with Gasteiger partial charge in [0.25, 0.3) is 0 Å². The van der Waals surface area contributed by atoms with Gasteiger partial charge in [0, 0.05) is 19.3 Å². The Balaban J connectivity index is 4.44. The largest absolute Gasteiger partial charge is 0.462 e. The van der Waals surface area contributed by atoms with Crippen molar-refractivity contribution >= 4 is 17.9 Å². The van der Waals surface area contributed by atoms with Gasteiger partial charge in [0.15, 0.2) is 6.10 Å².